The smallest absolute Gasteiger partial charge is 0.330 e. The van der Waals surface area contributed by atoms with Crippen LogP contribution in [0.2, 0.25) is 0 Å². The highest BCUT2D eigenvalue weighted by atomic mass is 16.4. The first-order valence-corrected chi connectivity index (χ1v) is 6.34. The van der Waals surface area contributed by atoms with Crippen molar-refractivity contribution < 1.29 is 9.90 Å². The molecule has 2 rings (SSSR count). The minimum Gasteiger partial charge on any atom is -0.479 e. The number of hydrogen-bond donors (Lipinski definition) is 2. The van der Waals surface area contributed by atoms with Crippen LogP contribution in [0.15, 0.2) is 54.6 Å². The zero-order valence-electron chi connectivity index (χ0n) is 10.8. The van der Waals surface area contributed by atoms with Gasteiger partial charge >= 0.3 is 5.97 Å². The molecular weight excluding hydrogens is 238 g/mol. The maximum absolute atomic E-state index is 11.4. The number of carboxylic acid groups (broad SMARTS) is 1. The highest BCUT2D eigenvalue weighted by Gasteiger charge is 2.19. The Morgan fingerprint density at radius 3 is 2.26 bits per heavy atom. The lowest BCUT2D eigenvalue weighted by atomic mass is 10.0. The Labute approximate surface area is 112 Å². The summed E-state index contributed by atoms with van der Waals surface area (Å²) >= 11 is 0. The second-order valence-electron chi connectivity index (χ2n) is 4.38. The molecule has 0 fully saturated rings. The molecule has 0 bridgehead atoms. The maximum atomic E-state index is 11.4. The Morgan fingerprint density at radius 2 is 1.74 bits per heavy atom. The Balaban J connectivity index is 2.22. The number of benzene rings is 2. The first-order valence-electron chi connectivity index (χ1n) is 6.34. The molecule has 2 aromatic rings. The molecule has 0 spiro atoms. The summed E-state index contributed by atoms with van der Waals surface area (Å²) in [5.41, 5.74) is 2.76. The van der Waals surface area contributed by atoms with E-state index < -0.39 is 12.0 Å². The molecule has 1 unspecified atom stereocenters. The average Bonchev–Trinajstić information content (AvgIpc) is 2.46. The summed E-state index contributed by atoms with van der Waals surface area (Å²) in [5, 5.41) is 12.4. The number of rotatable bonds is 5. The molecule has 3 heteroatoms. The van der Waals surface area contributed by atoms with Gasteiger partial charge in [-0.05, 0) is 29.7 Å². The number of carboxylic acids is 1. The van der Waals surface area contributed by atoms with Crippen molar-refractivity contribution in [3.05, 3.63) is 65.7 Å². The van der Waals surface area contributed by atoms with Crippen molar-refractivity contribution in [3.63, 3.8) is 0 Å². The SMILES string of the molecule is CCc1ccc(C(Nc2ccccc2)C(=O)O)cc1. The number of aliphatic carboxylic acids is 1. The normalized spacial score (nSPS) is 11.8. The van der Waals surface area contributed by atoms with Gasteiger partial charge in [-0.2, -0.15) is 0 Å². The lowest BCUT2D eigenvalue weighted by molar-refractivity contribution is -0.138. The van der Waals surface area contributed by atoms with Crippen molar-refractivity contribution in [1.82, 2.24) is 0 Å². The van der Waals surface area contributed by atoms with Crippen LogP contribution in [0.25, 0.3) is 0 Å². The Bertz CT molecular complexity index is 534. The van der Waals surface area contributed by atoms with Crippen LogP contribution in [-0.2, 0) is 11.2 Å². The van der Waals surface area contributed by atoms with Crippen LogP contribution in [0.4, 0.5) is 5.69 Å². The van der Waals surface area contributed by atoms with E-state index in [1.165, 1.54) is 5.56 Å². The van der Waals surface area contributed by atoms with Gasteiger partial charge in [0.05, 0.1) is 0 Å². The molecule has 0 aliphatic heterocycles. The van der Waals surface area contributed by atoms with Crippen LogP contribution in [0.3, 0.4) is 0 Å². The molecule has 0 aliphatic carbocycles. The standard InChI is InChI=1S/C16H17NO2/c1-2-12-8-10-13(11-9-12)15(16(18)19)17-14-6-4-3-5-7-14/h3-11,15,17H,2H2,1H3,(H,18,19). The van der Waals surface area contributed by atoms with Crippen molar-refractivity contribution in [3.8, 4) is 0 Å². The fourth-order valence-electron chi connectivity index (χ4n) is 1.93. The molecule has 2 aromatic carbocycles. The van der Waals surface area contributed by atoms with Crippen LogP contribution in [0.1, 0.15) is 24.1 Å². The molecule has 98 valence electrons. The highest BCUT2D eigenvalue weighted by molar-refractivity contribution is 5.79. The molecule has 1 atom stereocenters. The van der Waals surface area contributed by atoms with Crippen molar-refractivity contribution in [1.29, 1.82) is 0 Å². The summed E-state index contributed by atoms with van der Waals surface area (Å²) in [7, 11) is 0. The van der Waals surface area contributed by atoms with E-state index >= 15 is 0 Å². The minimum absolute atomic E-state index is 0.728. The minimum atomic E-state index is -0.881. The Morgan fingerprint density at radius 1 is 1.11 bits per heavy atom. The number of nitrogens with one attached hydrogen (secondary N) is 1. The summed E-state index contributed by atoms with van der Waals surface area (Å²) in [6.07, 6.45) is 0.949. The van der Waals surface area contributed by atoms with E-state index in [0.29, 0.717) is 0 Å². The van der Waals surface area contributed by atoms with Gasteiger partial charge in [-0.25, -0.2) is 4.79 Å². The quantitative estimate of drug-likeness (QED) is 0.859. The number of aryl methyl sites for hydroxylation is 1. The summed E-state index contributed by atoms with van der Waals surface area (Å²) in [6.45, 7) is 2.08. The molecule has 0 saturated carbocycles. The summed E-state index contributed by atoms with van der Waals surface area (Å²) in [6, 6.07) is 16.3. The highest BCUT2D eigenvalue weighted by Crippen LogP contribution is 2.20. The van der Waals surface area contributed by atoms with E-state index in [2.05, 4.69) is 12.2 Å². The van der Waals surface area contributed by atoms with Gasteiger partial charge < -0.3 is 10.4 Å². The van der Waals surface area contributed by atoms with Gasteiger partial charge in [-0.3, -0.25) is 0 Å². The molecule has 0 aliphatic rings. The molecule has 0 radical (unpaired) electrons. The third-order valence-electron chi connectivity index (χ3n) is 3.05. The molecule has 0 heterocycles. The van der Waals surface area contributed by atoms with Gasteiger partial charge in [0.15, 0.2) is 6.04 Å². The van der Waals surface area contributed by atoms with Crippen LogP contribution < -0.4 is 5.32 Å². The Kier molecular flexibility index (Phi) is 4.18. The zero-order chi connectivity index (χ0) is 13.7. The predicted molar refractivity (Wildman–Crippen MR) is 76.3 cm³/mol. The lowest BCUT2D eigenvalue weighted by Crippen LogP contribution is -2.20. The molecular formula is C16H17NO2. The molecule has 0 aromatic heterocycles. The van der Waals surface area contributed by atoms with Crippen LogP contribution >= 0.6 is 0 Å². The van der Waals surface area contributed by atoms with Gasteiger partial charge in [0.1, 0.15) is 0 Å². The number of hydrogen-bond acceptors (Lipinski definition) is 2. The van der Waals surface area contributed by atoms with E-state index in [-0.39, 0.29) is 0 Å². The van der Waals surface area contributed by atoms with Crippen LogP contribution in [0.5, 0.6) is 0 Å². The van der Waals surface area contributed by atoms with Gasteiger partial charge in [0.2, 0.25) is 0 Å². The zero-order valence-corrected chi connectivity index (χ0v) is 10.8. The predicted octanol–water partition coefficient (Wildman–Crippen LogP) is 3.49. The lowest BCUT2D eigenvalue weighted by Gasteiger charge is -2.16. The van der Waals surface area contributed by atoms with E-state index in [0.717, 1.165) is 17.7 Å². The topological polar surface area (TPSA) is 49.3 Å². The van der Waals surface area contributed by atoms with Crippen molar-refractivity contribution >= 4 is 11.7 Å². The Hall–Kier alpha value is -2.29. The first-order chi connectivity index (χ1) is 9.20. The van der Waals surface area contributed by atoms with E-state index in [1.807, 2.05) is 54.6 Å². The van der Waals surface area contributed by atoms with Crippen molar-refractivity contribution in [2.45, 2.75) is 19.4 Å². The molecule has 0 saturated heterocycles. The second-order valence-corrected chi connectivity index (χ2v) is 4.38. The van der Waals surface area contributed by atoms with Gasteiger partial charge in [-0.15, -0.1) is 0 Å². The van der Waals surface area contributed by atoms with Crippen LogP contribution in [-0.4, -0.2) is 11.1 Å². The summed E-state index contributed by atoms with van der Waals surface area (Å²) < 4.78 is 0. The fraction of sp³-hybridized carbons (Fsp3) is 0.188. The van der Waals surface area contributed by atoms with Gasteiger partial charge in [-0.1, -0.05) is 49.4 Å². The van der Waals surface area contributed by atoms with E-state index in [4.69, 9.17) is 0 Å². The van der Waals surface area contributed by atoms with Crippen LogP contribution in [0, 0.1) is 0 Å². The third-order valence-corrected chi connectivity index (χ3v) is 3.05. The van der Waals surface area contributed by atoms with Crippen molar-refractivity contribution in [2.75, 3.05) is 5.32 Å². The monoisotopic (exact) mass is 255 g/mol. The van der Waals surface area contributed by atoms with E-state index in [1.54, 1.807) is 0 Å². The summed E-state index contributed by atoms with van der Waals surface area (Å²) in [5.74, 6) is -0.881. The largest absolute Gasteiger partial charge is 0.479 e. The molecule has 19 heavy (non-hydrogen) atoms. The van der Waals surface area contributed by atoms with Gasteiger partial charge in [0, 0.05) is 5.69 Å². The molecule has 0 amide bonds. The second kappa shape index (κ2) is 6.05. The molecule has 2 N–H and O–H groups in total. The van der Waals surface area contributed by atoms with E-state index in [9.17, 15) is 9.90 Å². The fourth-order valence-corrected chi connectivity index (χ4v) is 1.93. The first kappa shape index (κ1) is 13.1. The average molecular weight is 255 g/mol. The number of anilines is 1. The van der Waals surface area contributed by atoms with Crippen molar-refractivity contribution in [2.24, 2.45) is 0 Å². The van der Waals surface area contributed by atoms with Gasteiger partial charge in [0.25, 0.3) is 0 Å². The number of carbonyl (C=O) groups is 1. The number of para-hydroxylation sites is 1. The summed E-state index contributed by atoms with van der Waals surface area (Å²) in [4.78, 5) is 11.4. The molecule has 3 nitrogen and oxygen atoms in total. The maximum Gasteiger partial charge on any atom is 0.330 e. The third kappa shape index (κ3) is 3.35.